The van der Waals surface area contributed by atoms with Gasteiger partial charge in [0.1, 0.15) is 0 Å². The van der Waals surface area contributed by atoms with Crippen LogP contribution in [0.15, 0.2) is 18.2 Å². The fourth-order valence-corrected chi connectivity index (χ4v) is 5.24. The first-order chi connectivity index (χ1) is 12.5. The molecule has 0 aliphatic carbocycles. The van der Waals surface area contributed by atoms with Crippen molar-refractivity contribution >= 4 is 11.3 Å². The Morgan fingerprint density at radius 1 is 1.27 bits per heavy atom. The number of nitrogens with zero attached hydrogens (tertiary/aromatic N) is 2. The van der Waals surface area contributed by atoms with Crippen molar-refractivity contribution in [3.05, 3.63) is 51.0 Å². The maximum Gasteiger partial charge on any atom is 0.159 e. The van der Waals surface area contributed by atoms with E-state index in [1.54, 1.807) is 17.4 Å². The van der Waals surface area contributed by atoms with Crippen LogP contribution in [0.3, 0.4) is 0 Å². The minimum Gasteiger partial charge on any atom is -0.298 e. The number of aryl methyl sites for hydroxylation is 2. The second-order valence-corrected chi connectivity index (χ2v) is 8.48. The van der Waals surface area contributed by atoms with Crippen LogP contribution in [-0.4, -0.2) is 29.0 Å². The molecule has 2 aromatic rings. The number of fused-ring (bicyclic) bond motifs is 1. The van der Waals surface area contributed by atoms with Gasteiger partial charge in [-0.05, 0) is 37.5 Å². The number of benzene rings is 1. The largest absolute Gasteiger partial charge is 0.298 e. The van der Waals surface area contributed by atoms with Crippen molar-refractivity contribution in [3.8, 4) is 0 Å². The van der Waals surface area contributed by atoms with E-state index in [9.17, 15) is 8.78 Å². The van der Waals surface area contributed by atoms with Gasteiger partial charge < -0.3 is 0 Å². The highest BCUT2D eigenvalue weighted by Gasteiger charge is 2.40. The summed E-state index contributed by atoms with van der Waals surface area (Å²) in [5.41, 5.74) is 8.65. The van der Waals surface area contributed by atoms with Gasteiger partial charge in [0.25, 0.3) is 0 Å². The van der Waals surface area contributed by atoms with E-state index in [4.69, 9.17) is 0 Å². The van der Waals surface area contributed by atoms with E-state index in [0.717, 1.165) is 43.0 Å². The summed E-state index contributed by atoms with van der Waals surface area (Å²) in [6, 6.07) is 4.57. The summed E-state index contributed by atoms with van der Waals surface area (Å²) < 4.78 is 26.9. The lowest BCUT2D eigenvalue weighted by Gasteiger charge is -2.36. The van der Waals surface area contributed by atoms with Crippen molar-refractivity contribution in [1.29, 1.82) is 0 Å². The summed E-state index contributed by atoms with van der Waals surface area (Å²) in [6.07, 6.45) is 2.00. The van der Waals surface area contributed by atoms with Crippen LogP contribution in [0.5, 0.6) is 0 Å². The van der Waals surface area contributed by atoms with E-state index < -0.39 is 11.6 Å². The van der Waals surface area contributed by atoms with Crippen LogP contribution in [0.2, 0.25) is 0 Å². The Kier molecular flexibility index (Phi) is 5.05. The molecule has 3 heterocycles. The number of hydrogen-bond acceptors (Lipinski definition) is 5. The molecule has 2 saturated heterocycles. The lowest BCUT2D eigenvalue weighted by molar-refractivity contribution is 0.149. The molecule has 3 unspecified atom stereocenters. The van der Waals surface area contributed by atoms with Crippen LogP contribution in [0.1, 0.15) is 40.5 Å². The number of hydrazine groups is 1. The van der Waals surface area contributed by atoms with Crippen LogP contribution >= 0.6 is 11.3 Å². The lowest BCUT2D eigenvalue weighted by Crippen LogP contribution is -2.45. The molecule has 7 heteroatoms. The standard InChI is InChI=1S/C19H24F2N4S/c1-3-16-18(26-11(2)22-16)10-25-7-6-17-13(9-25)19(24-23-17)12-4-5-14(20)15(21)8-12/h4-5,8,13,17,19,23-24H,3,6-7,9-10H2,1-2H3. The van der Waals surface area contributed by atoms with Gasteiger partial charge in [-0.15, -0.1) is 11.3 Å². The number of thiazole rings is 1. The van der Waals surface area contributed by atoms with Gasteiger partial charge in [-0.3, -0.25) is 10.3 Å². The monoisotopic (exact) mass is 378 g/mol. The van der Waals surface area contributed by atoms with Gasteiger partial charge >= 0.3 is 0 Å². The average molecular weight is 378 g/mol. The minimum absolute atomic E-state index is 0.00765. The molecular weight excluding hydrogens is 354 g/mol. The zero-order valence-corrected chi connectivity index (χ0v) is 15.9. The molecule has 4 rings (SSSR count). The second kappa shape index (κ2) is 7.31. The first-order valence-corrected chi connectivity index (χ1v) is 10.0. The molecule has 1 aromatic heterocycles. The molecule has 0 saturated carbocycles. The normalized spacial score (nSPS) is 26.2. The Hall–Kier alpha value is -1.41. The third-order valence-corrected chi connectivity index (χ3v) is 6.48. The van der Waals surface area contributed by atoms with E-state index in [1.165, 1.54) is 22.7 Å². The zero-order valence-electron chi connectivity index (χ0n) is 15.1. The van der Waals surface area contributed by atoms with Crippen LogP contribution < -0.4 is 10.9 Å². The van der Waals surface area contributed by atoms with E-state index in [-0.39, 0.29) is 6.04 Å². The Balaban J connectivity index is 1.50. The van der Waals surface area contributed by atoms with E-state index >= 15 is 0 Å². The Labute approximate surface area is 156 Å². The highest BCUT2D eigenvalue weighted by Crippen LogP contribution is 2.35. The fourth-order valence-electron chi connectivity index (χ4n) is 4.17. The zero-order chi connectivity index (χ0) is 18.3. The van der Waals surface area contributed by atoms with Gasteiger partial charge in [-0.2, -0.15) is 0 Å². The van der Waals surface area contributed by atoms with Gasteiger partial charge in [0.2, 0.25) is 0 Å². The first kappa shape index (κ1) is 18.0. The molecule has 1 aromatic carbocycles. The van der Waals surface area contributed by atoms with Crippen molar-refractivity contribution < 1.29 is 8.78 Å². The van der Waals surface area contributed by atoms with Crippen molar-refractivity contribution in [2.24, 2.45) is 5.92 Å². The molecule has 140 valence electrons. The molecule has 3 atom stereocenters. The summed E-state index contributed by atoms with van der Waals surface area (Å²) in [5, 5.41) is 1.12. The fraction of sp³-hybridized carbons (Fsp3) is 0.526. The lowest BCUT2D eigenvalue weighted by atomic mass is 9.85. The first-order valence-electron chi connectivity index (χ1n) is 9.18. The molecule has 2 aliphatic rings. The van der Waals surface area contributed by atoms with Crippen LogP contribution in [0.25, 0.3) is 0 Å². The molecule has 4 nitrogen and oxygen atoms in total. The van der Waals surface area contributed by atoms with Crippen molar-refractivity contribution in [2.75, 3.05) is 13.1 Å². The molecule has 0 amide bonds. The third kappa shape index (κ3) is 3.41. The quantitative estimate of drug-likeness (QED) is 0.856. The number of rotatable bonds is 4. The van der Waals surface area contributed by atoms with Crippen LogP contribution in [-0.2, 0) is 13.0 Å². The predicted octanol–water partition coefficient (Wildman–Crippen LogP) is 3.33. The van der Waals surface area contributed by atoms with Crippen LogP contribution in [0, 0.1) is 24.5 Å². The summed E-state index contributed by atoms with van der Waals surface area (Å²) in [6.45, 7) is 7.08. The number of aromatic nitrogens is 1. The van der Waals surface area contributed by atoms with Crippen molar-refractivity contribution in [2.45, 2.75) is 45.3 Å². The molecule has 2 aliphatic heterocycles. The number of piperidine rings is 1. The smallest absolute Gasteiger partial charge is 0.159 e. The van der Waals surface area contributed by atoms with E-state index in [0.29, 0.717) is 12.0 Å². The number of likely N-dealkylation sites (tertiary alicyclic amines) is 1. The van der Waals surface area contributed by atoms with Gasteiger partial charge in [-0.1, -0.05) is 13.0 Å². The molecule has 26 heavy (non-hydrogen) atoms. The number of nitrogens with one attached hydrogen (secondary N) is 2. The molecule has 0 bridgehead atoms. The van der Waals surface area contributed by atoms with Crippen molar-refractivity contribution in [3.63, 3.8) is 0 Å². The number of halogens is 2. The maximum absolute atomic E-state index is 13.7. The average Bonchev–Trinajstić information content (AvgIpc) is 3.20. The summed E-state index contributed by atoms with van der Waals surface area (Å²) in [7, 11) is 0. The van der Waals surface area contributed by atoms with Gasteiger partial charge in [0.15, 0.2) is 11.6 Å². The topological polar surface area (TPSA) is 40.2 Å². The Morgan fingerprint density at radius 2 is 2.12 bits per heavy atom. The summed E-state index contributed by atoms with van der Waals surface area (Å²) in [4.78, 5) is 8.45. The van der Waals surface area contributed by atoms with Gasteiger partial charge in [0.05, 0.1) is 16.7 Å². The third-order valence-electron chi connectivity index (χ3n) is 5.48. The summed E-state index contributed by atoms with van der Waals surface area (Å²) in [5.74, 6) is -1.25. The van der Waals surface area contributed by atoms with Gasteiger partial charge in [-0.25, -0.2) is 19.2 Å². The highest BCUT2D eigenvalue weighted by atomic mass is 32.1. The van der Waals surface area contributed by atoms with Gasteiger partial charge in [0, 0.05) is 36.5 Å². The molecule has 0 radical (unpaired) electrons. The predicted molar refractivity (Wildman–Crippen MR) is 98.8 cm³/mol. The second-order valence-electron chi connectivity index (χ2n) is 7.19. The Bertz CT molecular complexity index is 794. The highest BCUT2D eigenvalue weighted by molar-refractivity contribution is 7.11. The maximum atomic E-state index is 13.7. The van der Waals surface area contributed by atoms with E-state index in [1.807, 2.05) is 0 Å². The van der Waals surface area contributed by atoms with Crippen molar-refractivity contribution in [1.82, 2.24) is 20.7 Å². The van der Waals surface area contributed by atoms with E-state index in [2.05, 4.69) is 34.6 Å². The number of hydrogen-bond donors (Lipinski definition) is 2. The molecule has 2 fully saturated rings. The summed E-state index contributed by atoms with van der Waals surface area (Å²) >= 11 is 1.78. The minimum atomic E-state index is -0.797. The SMILES string of the molecule is CCc1nc(C)sc1CN1CCC2NNC(c3ccc(F)c(F)c3)C2C1. The Morgan fingerprint density at radius 3 is 2.88 bits per heavy atom. The molecular formula is C19H24F2N4S. The molecule has 0 spiro atoms. The molecule has 2 N–H and O–H groups in total. The van der Waals surface area contributed by atoms with Crippen LogP contribution in [0.4, 0.5) is 8.78 Å².